The van der Waals surface area contributed by atoms with Crippen molar-refractivity contribution in [2.24, 2.45) is 0 Å². The van der Waals surface area contributed by atoms with Gasteiger partial charge in [0.1, 0.15) is 12.4 Å². The monoisotopic (exact) mass is 537 g/mol. The fraction of sp³-hybridized carbons (Fsp3) is 0.278. The minimum Gasteiger partial charge on any atom is -0.487 e. The van der Waals surface area contributed by atoms with E-state index >= 15 is 0 Å². The zero-order chi connectivity index (χ0) is 21.1. The van der Waals surface area contributed by atoms with Crippen molar-refractivity contribution in [3.05, 3.63) is 56.0 Å². The van der Waals surface area contributed by atoms with Crippen molar-refractivity contribution in [3.63, 3.8) is 0 Å². The molecule has 0 saturated carbocycles. The number of hydrogen-bond donors (Lipinski definition) is 2. The quantitative estimate of drug-likeness (QED) is 0.518. The standard InChI is InChI=1S/C18H18Br2FNO5S/c1-10-3-12(5-13(4-10)22-28(2,25)26)9-27-17-14(19)6-11(7-15(17)20)8-16(21)18(23)24/h3-7,16,22H,8-9H2,1-2H3,(H,23,24). The molecule has 0 fully saturated rings. The van der Waals surface area contributed by atoms with Gasteiger partial charge < -0.3 is 9.84 Å². The van der Waals surface area contributed by atoms with Crippen molar-refractivity contribution in [2.45, 2.75) is 26.1 Å². The first-order valence-corrected chi connectivity index (χ1v) is 11.5. The number of halogens is 3. The summed E-state index contributed by atoms with van der Waals surface area (Å²) in [5.41, 5.74) is 2.56. The first kappa shape index (κ1) is 22.6. The summed E-state index contributed by atoms with van der Waals surface area (Å²) in [5.74, 6) is -1.04. The highest BCUT2D eigenvalue weighted by atomic mass is 79.9. The van der Waals surface area contributed by atoms with Gasteiger partial charge in [0.2, 0.25) is 16.2 Å². The molecular weight excluding hydrogens is 521 g/mol. The van der Waals surface area contributed by atoms with Gasteiger partial charge in [-0.05, 0) is 79.7 Å². The van der Waals surface area contributed by atoms with Crippen LogP contribution in [-0.4, -0.2) is 31.9 Å². The highest BCUT2D eigenvalue weighted by molar-refractivity contribution is 9.11. The number of carboxylic acids is 1. The van der Waals surface area contributed by atoms with Gasteiger partial charge in [-0.3, -0.25) is 4.72 Å². The maximum atomic E-state index is 13.4. The zero-order valence-corrected chi connectivity index (χ0v) is 19.0. The van der Waals surface area contributed by atoms with Crippen LogP contribution in [-0.2, 0) is 27.8 Å². The summed E-state index contributed by atoms with van der Waals surface area (Å²) in [6.07, 6.45) is -1.17. The highest BCUT2D eigenvalue weighted by Gasteiger charge is 2.18. The third-order valence-corrected chi connectivity index (χ3v) is 5.35. The Labute approximate surface area is 179 Å². The number of aryl methyl sites for hydroxylation is 1. The Kier molecular flexibility index (Phi) is 7.46. The second-order valence-corrected chi connectivity index (χ2v) is 9.73. The van der Waals surface area contributed by atoms with E-state index in [0.717, 1.165) is 17.4 Å². The van der Waals surface area contributed by atoms with E-state index < -0.39 is 22.2 Å². The lowest BCUT2D eigenvalue weighted by Crippen LogP contribution is -2.17. The summed E-state index contributed by atoms with van der Waals surface area (Å²) in [5, 5.41) is 8.70. The Morgan fingerprint density at radius 2 is 1.79 bits per heavy atom. The molecule has 0 amide bonds. The van der Waals surface area contributed by atoms with Crippen LogP contribution in [0.1, 0.15) is 16.7 Å². The van der Waals surface area contributed by atoms with Crippen molar-refractivity contribution < 1.29 is 27.4 Å². The van der Waals surface area contributed by atoms with Gasteiger partial charge in [0.15, 0.2) is 0 Å². The molecule has 0 saturated heterocycles. The third-order valence-electron chi connectivity index (χ3n) is 3.56. The first-order chi connectivity index (χ1) is 12.9. The van der Waals surface area contributed by atoms with E-state index in [0.29, 0.717) is 25.9 Å². The fourth-order valence-corrected chi connectivity index (χ4v) is 4.59. The molecule has 1 unspecified atom stereocenters. The summed E-state index contributed by atoms with van der Waals surface area (Å²) < 4.78 is 45.6. The van der Waals surface area contributed by atoms with Crippen LogP contribution in [0.15, 0.2) is 39.3 Å². The molecule has 0 spiro atoms. The molecule has 28 heavy (non-hydrogen) atoms. The molecule has 152 valence electrons. The summed E-state index contributed by atoms with van der Waals surface area (Å²) >= 11 is 6.70. The van der Waals surface area contributed by atoms with Crippen LogP contribution in [0.25, 0.3) is 0 Å². The molecule has 2 rings (SSSR count). The van der Waals surface area contributed by atoms with E-state index in [4.69, 9.17) is 9.84 Å². The van der Waals surface area contributed by atoms with Gasteiger partial charge in [-0.1, -0.05) is 6.07 Å². The van der Waals surface area contributed by atoms with Crippen molar-refractivity contribution in [2.75, 3.05) is 11.0 Å². The van der Waals surface area contributed by atoms with Crippen LogP contribution >= 0.6 is 31.9 Å². The maximum absolute atomic E-state index is 13.4. The Bertz CT molecular complexity index is 974. The number of rotatable bonds is 8. The second-order valence-electron chi connectivity index (χ2n) is 6.27. The minimum atomic E-state index is -3.39. The number of carboxylic acid groups (broad SMARTS) is 1. The predicted molar refractivity (Wildman–Crippen MR) is 112 cm³/mol. The van der Waals surface area contributed by atoms with E-state index in [1.807, 2.05) is 13.0 Å². The van der Waals surface area contributed by atoms with E-state index in [2.05, 4.69) is 36.6 Å². The lowest BCUT2D eigenvalue weighted by Gasteiger charge is -2.14. The molecule has 0 aliphatic rings. The van der Waals surface area contributed by atoms with Crippen LogP contribution in [0.4, 0.5) is 10.1 Å². The number of hydrogen-bond acceptors (Lipinski definition) is 4. The minimum absolute atomic E-state index is 0.164. The molecule has 1 atom stereocenters. The van der Waals surface area contributed by atoms with Gasteiger partial charge >= 0.3 is 5.97 Å². The molecule has 2 aromatic carbocycles. The maximum Gasteiger partial charge on any atom is 0.338 e. The van der Waals surface area contributed by atoms with Crippen LogP contribution < -0.4 is 9.46 Å². The zero-order valence-electron chi connectivity index (χ0n) is 15.0. The van der Waals surface area contributed by atoms with Crippen LogP contribution in [0.5, 0.6) is 5.75 Å². The van der Waals surface area contributed by atoms with Crippen LogP contribution in [0.3, 0.4) is 0 Å². The molecule has 0 aliphatic carbocycles. The molecule has 0 aliphatic heterocycles. The van der Waals surface area contributed by atoms with E-state index in [-0.39, 0.29) is 13.0 Å². The second kappa shape index (κ2) is 9.23. The van der Waals surface area contributed by atoms with Crippen molar-refractivity contribution in [3.8, 4) is 5.75 Å². The van der Waals surface area contributed by atoms with E-state index in [1.165, 1.54) is 0 Å². The molecule has 10 heteroatoms. The average molecular weight is 539 g/mol. The molecule has 6 nitrogen and oxygen atoms in total. The molecule has 2 N–H and O–H groups in total. The normalized spacial score (nSPS) is 12.5. The molecule has 2 aromatic rings. The van der Waals surface area contributed by atoms with Gasteiger partial charge in [0, 0.05) is 12.1 Å². The first-order valence-electron chi connectivity index (χ1n) is 8.00. The Hall–Kier alpha value is -1.65. The van der Waals surface area contributed by atoms with Crippen molar-refractivity contribution >= 4 is 53.5 Å². The lowest BCUT2D eigenvalue weighted by molar-refractivity contribution is -0.142. The average Bonchev–Trinajstić information content (AvgIpc) is 2.51. The van der Waals surface area contributed by atoms with Gasteiger partial charge in [0.25, 0.3) is 0 Å². The Morgan fingerprint density at radius 1 is 1.18 bits per heavy atom. The molecule has 0 radical (unpaired) electrons. The van der Waals surface area contributed by atoms with Crippen molar-refractivity contribution in [1.82, 2.24) is 0 Å². The summed E-state index contributed by atoms with van der Waals surface area (Å²) in [7, 11) is -3.39. The molecule has 0 aromatic heterocycles. The van der Waals surface area contributed by atoms with E-state index in [1.54, 1.807) is 24.3 Å². The Morgan fingerprint density at radius 3 is 2.32 bits per heavy atom. The predicted octanol–water partition coefficient (Wildman–Crippen LogP) is 4.44. The molecular formula is C18H18Br2FNO5S. The number of nitrogens with one attached hydrogen (secondary N) is 1. The Balaban J connectivity index is 2.17. The number of aliphatic carboxylic acids is 1. The van der Waals surface area contributed by atoms with E-state index in [9.17, 15) is 17.6 Å². The highest BCUT2D eigenvalue weighted by Crippen LogP contribution is 2.36. The summed E-state index contributed by atoms with van der Waals surface area (Å²) in [6.45, 7) is 2.00. The summed E-state index contributed by atoms with van der Waals surface area (Å²) in [6, 6.07) is 8.45. The number of benzene rings is 2. The topological polar surface area (TPSA) is 92.7 Å². The largest absolute Gasteiger partial charge is 0.487 e. The lowest BCUT2D eigenvalue weighted by atomic mass is 10.1. The molecule has 0 bridgehead atoms. The van der Waals surface area contributed by atoms with Gasteiger partial charge in [-0.15, -0.1) is 0 Å². The van der Waals surface area contributed by atoms with Crippen LogP contribution in [0, 0.1) is 6.92 Å². The number of alkyl halides is 1. The third kappa shape index (κ3) is 6.75. The van der Waals surface area contributed by atoms with Gasteiger partial charge in [0.05, 0.1) is 15.2 Å². The smallest absolute Gasteiger partial charge is 0.338 e. The van der Waals surface area contributed by atoms with Gasteiger partial charge in [-0.25, -0.2) is 17.6 Å². The van der Waals surface area contributed by atoms with Crippen molar-refractivity contribution in [1.29, 1.82) is 0 Å². The number of anilines is 1. The number of sulfonamides is 1. The molecule has 0 heterocycles. The number of carbonyl (C=O) groups is 1. The SMILES string of the molecule is Cc1cc(COc2c(Br)cc(CC(F)C(=O)O)cc2Br)cc(NS(C)(=O)=O)c1. The fourth-order valence-electron chi connectivity index (χ4n) is 2.54. The van der Waals surface area contributed by atoms with Gasteiger partial charge in [-0.2, -0.15) is 0 Å². The summed E-state index contributed by atoms with van der Waals surface area (Å²) in [4.78, 5) is 10.7. The number of ether oxygens (including phenoxy) is 1. The van der Waals surface area contributed by atoms with Crippen LogP contribution in [0.2, 0.25) is 0 Å².